The van der Waals surface area contributed by atoms with Crippen LogP contribution in [0.1, 0.15) is 43.7 Å². The first kappa shape index (κ1) is 18.9. The van der Waals surface area contributed by atoms with Gasteiger partial charge in [-0.15, -0.1) is 0 Å². The van der Waals surface area contributed by atoms with Crippen LogP contribution in [0.2, 0.25) is 0 Å². The molecule has 0 spiro atoms. The van der Waals surface area contributed by atoms with E-state index in [0.717, 1.165) is 5.92 Å². The molecule has 0 aliphatic heterocycles. The van der Waals surface area contributed by atoms with Crippen LogP contribution in [0.5, 0.6) is 0 Å². The Hall–Kier alpha value is -2.18. The van der Waals surface area contributed by atoms with Crippen LogP contribution in [0.15, 0.2) is 60.7 Å². The highest BCUT2D eigenvalue weighted by atomic mass is 16.2. The highest BCUT2D eigenvalue weighted by Gasteiger charge is 2.08. The smallest absolute Gasteiger partial charge is 0.186 e. The van der Waals surface area contributed by atoms with Crippen LogP contribution in [0.25, 0.3) is 0 Å². The molecular weight excluding hydrogens is 284 g/mol. The first-order chi connectivity index (χ1) is 11.3. The van der Waals surface area contributed by atoms with E-state index in [0.29, 0.717) is 0 Å². The van der Waals surface area contributed by atoms with Crippen molar-refractivity contribution in [2.24, 2.45) is 5.92 Å². The average Bonchev–Trinajstić information content (AvgIpc) is 2.60. The lowest BCUT2D eigenvalue weighted by Gasteiger charge is -2.16. The van der Waals surface area contributed by atoms with Gasteiger partial charge in [0.15, 0.2) is 0 Å². The van der Waals surface area contributed by atoms with Crippen LogP contribution in [0.3, 0.4) is 0 Å². The molecule has 2 heteroatoms. The lowest BCUT2D eigenvalue weighted by molar-refractivity contribution is -0.191. The van der Waals surface area contributed by atoms with Crippen molar-refractivity contribution in [2.75, 3.05) is 0 Å². The normalized spacial score (nSPS) is 9.83. The lowest BCUT2D eigenvalue weighted by atomic mass is 9.90. The summed E-state index contributed by atoms with van der Waals surface area (Å²) in [5, 5.41) is 0. The molecular formula is C21H26O2. The van der Waals surface area contributed by atoms with Gasteiger partial charge in [-0.2, -0.15) is 9.59 Å². The van der Waals surface area contributed by atoms with Gasteiger partial charge < -0.3 is 0 Å². The third-order valence-corrected chi connectivity index (χ3v) is 4.07. The molecule has 2 aromatic carbocycles. The molecule has 0 bridgehead atoms. The van der Waals surface area contributed by atoms with E-state index in [1.54, 1.807) is 0 Å². The zero-order chi connectivity index (χ0) is 16.8. The van der Waals surface area contributed by atoms with Crippen molar-refractivity contribution in [2.45, 2.75) is 45.4 Å². The van der Waals surface area contributed by atoms with Gasteiger partial charge in [0, 0.05) is 0 Å². The Morgan fingerprint density at radius 3 is 1.48 bits per heavy atom. The van der Waals surface area contributed by atoms with E-state index in [4.69, 9.17) is 9.59 Å². The van der Waals surface area contributed by atoms with Crippen LogP contribution in [-0.2, 0) is 22.4 Å². The first-order valence-electron chi connectivity index (χ1n) is 8.37. The van der Waals surface area contributed by atoms with Crippen molar-refractivity contribution in [3.8, 4) is 0 Å². The SMILES string of the molecule is CCCC(CCc1ccccc1)CCc1ccccc1.O=C=O. The molecule has 122 valence electrons. The number of benzene rings is 2. The number of aryl methyl sites for hydroxylation is 2. The molecule has 0 aliphatic carbocycles. The summed E-state index contributed by atoms with van der Waals surface area (Å²) in [5.74, 6) is 0.861. The summed E-state index contributed by atoms with van der Waals surface area (Å²) < 4.78 is 0. The summed E-state index contributed by atoms with van der Waals surface area (Å²) in [6.45, 7) is 2.30. The summed E-state index contributed by atoms with van der Waals surface area (Å²) in [5.41, 5.74) is 2.96. The Balaban J connectivity index is 0.000000816. The second kappa shape index (κ2) is 12.4. The third kappa shape index (κ3) is 8.75. The van der Waals surface area contributed by atoms with Crippen molar-refractivity contribution in [3.05, 3.63) is 71.8 Å². The van der Waals surface area contributed by atoms with E-state index in [1.165, 1.54) is 49.7 Å². The minimum atomic E-state index is 0.250. The van der Waals surface area contributed by atoms with Gasteiger partial charge in [-0.05, 0) is 42.7 Å². The van der Waals surface area contributed by atoms with E-state index >= 15 is 0 Å². The Bertz CT molecular complexity index is 499. The van der Waals surface area contributed by atoms with Gasteiger partial charge in [0.25, 0.3) is 0 Å². The second-order valence-electron chi connectivity index (χ2n) is 5.79. The van der Waals surface area contributed by atoms with Crippen molar-refractivity contribution in [1.82, 2.24) is 0 Å². The largest absolute Gasteiger partial charge is 0.373 e. The van der Waals surface area contributed by atoms with Gasteiger partial charge in [-0.3, -0.25) is 0 Å². The summed E-state index contributed by atoms with van der Waals surface area (Å²) in [4.78, 5) is 16.2. The molecule has 2 nitrogen and oxygen atoms in total. The van der Waals surface area contributed by atoms with Gasteiger partial charge in [-0.1, -0.05) is 80.4 Å². The number of carbonyl (C=O) groups excluding carboxylic acids is 2. The molecule has 0 aromatic heterocycles. The molecule has 2 rings (SSSR count). The fraction of sp³-hybridized carbons (Fsp3) is 0.381. The van der Waals surface area contributed by atoms with E-state index in [9.17, 15) is 0 Å². The van der Waals surface area contributed by atoms with Gasteiger partial charge in [-0.25, -0.2) is 0 Å². The quantitative estimate of drug-likeness (QED) is 0.681. The zero-order valence-electron chi connectivity index (χ0n) is 13.9. The van der Waals surface area contributed by atoms with Crippen LogP contribution in [0.4, 0.5) is 0 Å². The predicted molar refractivity (Wildman–Crippen MR) is 92.9 cm³/mol. The molecule has 0 radical (unpaired) electrons. The molecule has 0 unspecified atom stereocenters. The van der Waals surface area contributed by atoms with Crippen LogP contribution in [0, 0.1) is 5.92 Å². The van der Waals surface area contributed by atoms with E-state index in [-0.39, 0.29) is 6.15 Å². The predicted octanol–water partition coefficient (Wildman–Crippen LogP) is 5.08. The summed E-state index contributed by atoms with van der Waals surface area (Å²) in [6, 6.07) is 21.8. The molecule has 0 saturated heterocycles. The highest BCUT2D eigenvalue weighted by molar-refractivity contribution is 5.20. The zero-order valence-corrected chi connectivity index (χ0v) is 13.9. The maximum Gasteiger partial charge on any atom is 0.373 e. The van der Waals surface area contributed by atoms with Crippen LogP contribution >= 0.6 is 0 Å². The molecule has 0 heterocycles. The molecule has 0 amide bonds. The van der Waals surface area contributed by atoms with Crippen LogP contribution in [-0.4, -0.2) is 6.15 Å². The van der Waals surface area contributed by atoms with Crippen molar-refractivity contribution in [3.63, 3.8) is 0 Å². The fourth-order valence-electron chi connectivity index (χ4n) is 2.87. The average molecular weight is 310 g/mol. The van der Waals surface area contributed by atoms with E-state index in [2.05, 4.69) is 67.6 Å². The molecule has 0 atom stereocenters. The number of hydrogen-bond acceptors (Lipinski definition) is 2. The molecule has 0 fully saturated rings. The minimum Gasteiger partial charge on any atom is -0.186 e. The Morgan fingerprint density at radius 1 is 0.739 bits per heavy atom. The van der Waals surface area contributed by atoms with Crippen molar-refractivity contribution in [1.29, 1.82) is 0 Å². The van der Waals surface area contributed by atoms with Gasteiger partial charge in [0.05, 0.1) is 0 Å². The maximum absolute atomic E-state index is 8.12. The van der Waals surface area contributed by atoms with Crippen LogP contribution < -0.4 is 0 Å². The topological polar surface area (TPSA) is 34.1 Å². The first-order valence-corrected chi connectivity index (χ1v) is 8.37. The molecule has 0 saturated carbocycles. The van der Waals surface area contributed by atoms with E-state index < -0.39 is 0 Å². The van der Waals surface area contributed by atoms with Crippen molar-refractivity contribution < 1.29 is 9.59 Å². The van der Waals surface area contributed by atoms with Crippen molar-refractivity contribution >= 4 is 6.15 Å². The number of hydrogen-bond donors (Lipinski definition) is 0. The Morgan fingerprint density at radius 2 is 1.13 bits per heavy atom. The highest BCUT2D eigenvalue weighted by Crippen LogP contribution is 2.21. The monoisotopic (exact) mass is 310 g/mol. The minimum absolute atomic E-state index is 0.250. The molecule has 23 heavy (non-hydrogen) atoms. The maximum atomic E-state index is 8.12. The second-order valence-corrected chi connectivity index (χ2v) is 5.79. The number of rotatable bonds is 8. The van der Waals surface area contributed by atoms with Gasteiger partial charge in [0.1, 0.15) is 0 Å². The Labute approximate surface area is 139 Å². The fourth-order valence-corrected chi connectivity index (χ4v) is 2.87. The van der Waals surface area contributed by atoms with Gasteiger partial charge >= 0.3 is 6.15 Å². The van der Waals surface area contributed by atoms with Gasteiger partial charge in [0.2, 0.25) is 0 Å². The summed E-state index contributed by atoms with van der Waals surface area (Å²) >= 11 is 0. The standard InChI is InChI=1S/C20H26.CO2/c1-2-9-18(14-16-19-10-5-3-6-11-19)15-17-20-12-7-4-8-13-20;2-1-3/h3-8,10-13,18H,2,9,14-17H2,1H3;. The molecule has 0 N–H and O–H groups in total. The molecule has 2 aromatic rings. The van der Waals surface area contributed by atoms with E-state index in [1.807, 2.05) is 0 Å². The summed E-state index contributed by atoms with van der Waals surface area (Å²) in [6.07, 6.45) is 8.00. The summed E-state index contributed by atoms with van der Waals surface area (Å²) in [7, 11) is 0. The molecule has 0 aliphatic rings. The lowest BCUT2D eigenvalue weighted by Crippen LogP contribution is -2.04. The Kier molecular flexibility index (Phi) is 10.1. The third-order valence-electron chi connectivity index (χ3n) is 4.07.